The van der Waals surface area contributed by atoms with Gasteiger partial charge in [-0.2, -0.15) is 5.10 Å². The average molecular weight is 287 g/mol. The second-order valence-electron chi connectivity index (χ2n) is 5.22. The highest BCUT2D eigenvalue weighted by Gasteiger charge is 2.22. The number of nitrogens with zero attached hydrogens (tertiary/aromatic N) is 5. The summed E-state index contributed by atoms with van der Waals surface area (Å²) in [7, 11) is 1.77. The zero-order valence-corrected chi connectivity index (χ0v) is 11.9. The molecule has 7 nitrogen and oxygen atoms in total. The van der Waals surface area contributed by atoms with E-state index in [0.717, 1.165) is 25.9 Å². The number of piperidine rings is 1. The highest BCUT2D eigenvalue weighted by atomic mass is 16.6. The first-order chi connectivity index (χ1) is 10.2. The molecule has 1 fully saturated rings. The van der Waals surface area contributed by atoms with Crippen molar-refractivity contribution < 1.29 is 4.92 Å². The fourth-order valence-corrected chi connectivity index (χ4v) is 2.77. The predicted molar refractivity (Wildman–Crippen MR) is 79.2 cm³/mol. The van der Waals surface area contributed by atoms with Gasteiger partial charge in [0.2, 0.25) is 0 Å². The minimum Gasteiger partial charge on any atom is -0.366 e. The number of benzene rings is 1. The summed E-state index contributed by atoms with van der Waals surface area (Å²) in [5.41, 5.74) is 1.55. The van der Waals surface area contributed by atoms with Crippen LogP contribution in [0.4, 0.5) is 11.4 Å². The lowest BCUT2D eigenvalue weighted by atomic mass is 10.1. The molecule has 0 spiro atoms. The summed E-state index contributed by atoms with van der Waals surface area (Å²) in [4.78, 5) is 17.3. The van der Waals surface area contributed by atoms with Gasteiger partial charge in [0.05, 0.1) is 4.92 Å². The lowest BCUT2D eigenvalue weighted by Crippen LogP contribution is -2.29. The first-order valence-electron chi connectivity index (χ1n) is 7.04. The Kier molecular flexibility index (Phi) is 3.55. The van der Waals surface area contributed by atoms with Gasteiger partial charge in [0.25, 0.3) is 5.69 Å². The van der Waals surface area contributed by atoms with E-state index in [1.165, 1.54) is 12.7 Å². The normalized spacial score (nSPS) is 15.2. The number of aryl methyl sites for hydroxylation is 1. The van der Waals surface area contributed by atoms with E-state index in [2.05, 4.69) is 15.0 Å². The van der Waals surface area contributed by atoms with Crippen molar-refractivity contribution >= 4 is 11.4 Å². The lowest BCUT2D eigenvalue weighted by Gasteiger charge is -2.28. The van der Waals surface area contributed by atoms with Gasteiger partial charge in [-0.1, -0.05) is 0 Å². The summed E-state index contributed by atoms with van der Waals surface area (Å²) in [5.74, 6) is 0.628. The quantitative estimate of drug-likeness (QED) is 0.640. The van der Waals surface area contributed by atoms with E-state index in [1.807, 2.05) is 12.1 Å². The Morgan fingerprint density at radius 1 is 1.24 bits per heavy atom. The molecule has 0 aliphatic carbocycles. The molecule has 0 N–H and O–H groups in total. The van der Waals surface area contributed by atoms with Crippen LogP contribution in [0.5, 0.6) is 0 Å². The highest BCUT2D eigenvalue weighted by molar-refractivity contribution is 5.71. The van der Waals surface area contributed by atoms with Crippen molar-refractivity contribution in [2.45, 2.75) is 19.3 Å². The maximum atomic E-state index is 11.4. The zero-order chi connectivity index (χ0) is 14.8. The van der Waals surface area contributed by atoms with Gasteiger partial charge in [0.1, 0.15) is 12.0 Å². The first kappa shape index (κ1) is 13.5. The van der Waals surface area contributed by atoms with Crippen LogP contribution in [-0.2, 0) is 7.05 Å². The molecule has 7 heteroatoms. The van der Waals surface area contributed by atoms with Crippen molar-refractivity contribution in [3.8, 4) is 11.4 Å². The number of aromatic nitrogens is 3. The monoisotopic (exact) mass is 287 g/mol. The van der Waals surface area contributed by atoms with Crippen molar-refractivity contribution in [1.82, 2.24) is 14.8 Å². The molecule has 0 bridgehead atoms. The summed E-state index contributed by atoms with van der Waals surface area (Å²) in [6.07, 6.45) is 4.81. The molecule has 3 rings (SSSR count). The molecule has 1 aliphatic rings. The number of nitro groups is 1. The van der Waals surface area contributed by atoms with Crippen molar-refractivity contribution in [3.63, 3.8) is 0 Å². The average Bonchev–Trinajstić information content (AvgIpc) is 2.93. The Morgan fingerprint density at radius 2 is 2.00 bits per heavy atom. The molecule has 1 saturated heterocycles. The van der Waals surface area contributed by atoms with Gasteiger partial charge < -0.3 is 4.90 Å². The molecule has 1 aliphatic heterocycles. The Hall–Kier alpha value is -2.44. The van der Waals surface area contributed by atoms with E-state index >= 15 is 0 Å². The predicted octanol–water partition coefficient (Wildman–Crippen LogP) is 2.38. The van der Waals surface area contributed by atoms with Crippen molar-refractivity contribution in [2.24, 2.45) is 7.05 Å². The fraction of sp³-hybridized carbons (Fsp3) is 0.429. The third kappa shape index (κ3) is 2.58. The maximum absolute atomic E-state index is 11.4. The van der Waals surface area contributed by atoms with Crippen LogP contribution in [0.2, 0.25) is 0 Å². The molecule has 2 heterocycles. The minimum absolute atomic E-state index is 0.136. The zero-order valence-electron chi connectivity index (χ0n) is 11.9. The van der Waals surface area contributed by atoms with Gasteiger partial charge in [-0.3, -0.25) is 10.1 Å². The third-order valence-electron chi connectivity index (χ3n) is 3.84. The van der Waals surface area contributed by atoms with Crippen LogP contribution in [0.1, 0.15) is 19.3 Å². The molecule has 0 amide bonds. The molecule has 1 aromatic carbocycles. The SMILES string of the molecule is Cn1ncnc1-c1ccc(N2CCCCC2)c([N+](=O)[O-])c1. The van der Waals surface area contributed by atoms with E-state index < -0.39 is 0 Å². The van der Waals surface area contributed by atoms with Crippen molar-refractivity contribution in [1.29, 1.82) is 0 Å². The summed E-state index contributed by atoms with van der Waals surface area (Å²) in [6.45, 7) is 1.76. The largest absolute Gasteiger partial charge is 0.366 e. The Morgan fingerprint density at radius 3 is 2.62 bits per heavy atom. The number of hydrogen-bond donors (Lipinski definition) is 0. The molecular formula is C14H17N5O2. The van der Waals surface area contributed by atoms with Crippen LogP contribution in [0.25, 0.3) is 11.4 Å². The van der Waals surface area contributed by atoms with Gasteiger partial charge in [0, 0.05) is 31.8 Å². The smallest absolute Gasteiger partial charge is 0.293 e. The second kappa shape index (κ2) is 5.51. The van der Waals surface area contributed by atoms with Gasteiger partial charge in [-0.05, 0) is 31.4 Å². The molecule has 0 saturated carbocycles. The number of hydrogen-bond acceptors (Lipinski definition) is 5. The molecule has 1 aromatic heterocycles. The molecule has 0 radical (unpaired) electrons. The van der Waals surface area contributed by atoms with Crippen molar-refractivity contribution in [2.75, 3.05) is 18.0 Å². The Balaban J connectivity index is 2.02. The van der Waals surface area contributed by atoms with Gasteiger partial charge in [0.15, 0.2) is 5.82 Å². The standard InChI is InChI=1S/C14H17N5O2/c1-17-14(15-10-16-17)11-5-6-12(13(9-11)19(20)21)18-7-3-2-4-8-18/h5-6,9-10H,2-4,7-8H2,1H3. The van der Waals surface area contributed by atoms with E-state index in [1.54, 1.807) is 17.8 Å². The molecular weight excluding hydrogens is 270 g/mol. The van der Waals surface area contributed by atoms with E-state index in [4.69, 9.17) is 0 Å². The first-order valence-corrected chi connectivity index (χ1v) is 7.04. The number of rotatable bonds is 3. The second-order valence-corrected chi connectivity index (χ2v) is 5.22. The van der Waals surface area contributed by atoms with Crippen LogP contribution in [0.3, 0.4) is 0 Å². The van der Waals surface area contributed by atoms with E-state index in [0.29, 0.717) is 17.1 Å². The molecule has 110 valence electrons. The van der Waals surface area contributed by atoms with Crippen LogP contribution >= 0.6 is 0 Å². The van der Waals surface area contributed by atoms with Crippen LogP contribution in [-0.4, -0.2) is 32.8 Å². The number of anilines is 1. The van der Waals surface area contributed by atoms with Crippen LogP contribution in [0, 0.1) is 10.1 Å². The third-order valence-corrected chi connectivity index (χ3v) is 3.84. The highest BCUT2D eigenvalue weighted by Crippen LogP contribution is 2.33. The van der Waals surface area contributed by atoms with E-state index in [-0.39, 0.29) is 10.6 Å². The molecule has 0 unspecified atom stereocenters. The van der Waals surface area contributed by atoms with Crippen LogP contribution in [0.15, 0.2) is 24.5 Å². The topological polar surface area (TPSA) is 77.1 Å². The van der Waals surface area contributed by atoms with Crippen LogP contribution < -0.4 is 4.90 Å². The number of nitro benzene ring substituents is 1. The maximum Gasteiger partial charge on any atom is 0.293 e. The van der Waals surface area contributed by atoms with E-state index in [9.17, 15) is 10.1 Å². The fourth-order valence-electron chi connectivity index (χ4n) is 2.77. The summed E-state index contributed by atoms with van der Waals surface area (Å²) >= 11 is 0. The Labute approximate surface area is 122 Å². The van der Waals surface area contributed by atoms with Crippen molar-refractivity contribution in [3.05, 3.63) is 34.6 Å². The van der Waals surface area contributed by atoms with Gasteiger partial charge in [-0.15, -0.1) is 0 Å². The molecule has 21 heavy (non-hydrogen) atoms. The lowest BCUT2D eigenvalue weighted by molar-refractivity contribution is -0.384. The summed E-state index contributed by atoms with van der Waals surface area (Å²) in [6, 6.07) is 5.29. The van der Waals surface area contributed by atoms with Gasteiger partial charge >= 0.3 is 0 Å². The molecule has 0 atom stereocenters. The summed E-state index contributed by atoms with van der Waals surface area (Å²) in [5, 5.41) is 15.4. The minimum atomic E-state index is -0.316. The summed E-state index contributed by atoms with van der Waals surface area (Å²) < 4.78 is 1.61. The molecule has 2 aromatic rings. The Bertz CT molecular complexity index is 661. The van der Waals surface area contributed by atoms with Gasteiger partial charge in [-0.25, -0.2) is 9.67 Å².